The molecule has 4 N–H and O–H groups in total. The van der Waals surface area contributed by atoms with Gasteiger partial charge in [-0.3, -0.25) is 4.79 Å². The van der Waals surface area contributed by atoms with Gasteiger partial charge in [0.25, 0.3) is 0 Å². The molecule has 0 aliphatic carbocycles. The van der Waals surface area contributed by atoms with Gasteiger partial charge >= 0.3 is 0 Å². The number of benzene rings is 2. The summed E-state index contributed by atoms with van der Waals surface area (Å²) in [5.41, 5.74) is 8.50. The summed E-state index contributed by atoms with van der Waals surface area (Å²) in [6.45, 7) is 0. The number of hydrogen-bond donors (Lipinski definition) is 3. The van der Waals surface area contributed by atoms with Crippen molar-refractivity contribution in [3.05, 3.63) is 70.7 Å². The first-order valence-electron chi connectivity index (χ1n) is 8.34. The Morgan fingerprint density at radius 3 is 2.63 bits per heavy atom. The molecule has 0 bridgehead atoms. The van der Waals surface area contributed by atoms with Crippen LogP contribution in [0.25, 0.3) is 11.3 Å². The number of carbonyl (C=O) groups is 1. The molecule has 0 radical (unpaired) electrons. The highest BCUT2D eigenvalue weighted by atomic mass is 35.5. The maximum Gasteiger partial charge on any atom is 0.222 e. The van der Waals surface area contributed by atoms with Crippen LogP contribution in [0.2, 0.25) is 5.02 Å². The molecule has 0 saturated carbocycles. The van der Waals surface area contributed by atoms with Gasteiger partial charge in [0.15, 0.2) is 5.78 Å². The van der Waals surface area contributed by atoms with E-state index in [-0.39, 0.29) is 18.2 Å². The van der Waals surface area contributed by atoms with Crippen LogP contribution in [-0.4, -0.2) is 27.9 Å². The van der Waals surface area contributed by atoms with Crippen LogP contribution in [-0.2, 0) is 11.2 Å². The zero-order valence-electron chi connectivity index (χ0n) is 14.7. The van der Waals surface area contributed by atoms with E-state index >= 15 is 0 Å². The number of ketones is 1. The van der Waals surface area contributed by atoms with Gasteiger partial charge in [0.1, 0.15) is 11.9 Å². The molecule has 3 rings (SSSR count). The van der Waals surface area contributed by atoms with Gasteiger partial charge in [0.05, 0.1) is 5.69 Å². The molecular formula is C20H19ClN4O2. The van der Waals surface area contributed by atoms with Gasteiger partial charge in [-0.2, -0.15) is 4.98 Å². The molecule has 0 aliphatic heterocycles. The number of rotatable bonds is 6. The van der Waals surface area contributed by atoms with Crippen molar-refractivity contribution in [1.82, 2.24) is 9.97 Å². The topological polar surface area (TPSA) is 101 Å². The highest BCUT2D eigenvalue weighted by molar-refractivity contribution is 6.30. The fourth-order valence-corrected chi connectivity index (χ4v) is 2.84. The number of aliphatic hydroxyl groups excluding tert-OH is 1. The number of nitrogens with zero attached hydrogens (tertiary/aromatic N) is 2. The molecule has 6 nitrogen and oxygen atoms in total. The molecule has 0 saturated heterocycles. The molecule has 3 aromatic rings. The third-order valence-electron chi connectivity index (χ3n) is 4.09. The van der Waals surface area contributed by atoms with Crippen LogP contribution < -0.4 is 11.1 Å². The summed E-state index contributed by atoms with van der Waals surface area (Å²) < 4.78 is 0. The van der Waals surface area contributed by atoms with Gasteiger partial charge in [-0.1, -0.05) is 41.9 Å². The fraction of sp³-hybridized carbons (Fsp3) is 0.150. The first kappa shape index (κ1) is 18.8. The Morgan fingerprint density at radius 1 is 1.19 bits per heavy atom. The third-order valence-corrected chi connectivity index (χ3v) is 4.34. The maximum absolute atomic E-state index is 12.5. The predicted octanol–water partition coefficient (Wildman–Crippen LogP) is 3.27. The first-order valence-corrected chi connectivity index (χ1v) is 8.72. The molecule has 27 heavy (non-hydrogen) atoms. The van der Waals surface area contributed by atoms with E-state index in [1.165, 1.54) is 0 Å². The van der Waals surface area contributed by atoms with Gasteiger partial charge in [-0.25, -0.2) is 4.98 Å². The van der Waals surface area contributed by atoms with E-state index in [0.717, 1.165) is 11.1 Å². The van der Waals surface area contributed by atoms with Crippen LogP contribution in [0.3, 0.4) is 0 Å². The summed E-state index contributed by atoms with van der Waals surface area (Å²) in [6, 6.07) is 15.8. The average Bonchev–Trinajstić information content (AvgIpc) is 2.67. The molecule has 1 heterocycles. The number of anilines is 2. The minimum atomic E-state index is -1.20. The van der Waals surface area contributed by atoms with Crippen LogP contribution >= 0.6 is 11.6 Å². The van der Waals surface area contributed by atoms with Crippen molar-refractivity contribution in [3.63, 3.8) is 0 Å². The lowest BCUT2D eigenvalue weighted by Crippen LogP contribution is -2.14. The summed E-state index contributed by atoms with van der Waals surface area (Å²) in [6.07, 6.45) is -1.10. The second-order valence-electron chi connectivity index (χ2n) is 6.04. The molecule has 1 unspecified atom stereocenters. The highest BCUT2D eigenvalue weighted by Crippen LogP contribution is 2.23. The van der Waals surface area contributed by atoms with Gasteiger partial charge in [-0.05, 0) is 29.3 Å². The summed E-state index contributed by atoms with van der Waals surface area (Å²) in [5, 5.41) is 13.8. The van der Waals surface area contributed by atoms with Crippen molar-refractivity contribution in [2.24, 2.45) is 0 Å². The van der Waals surface area contributed by atoms with Crippen molar-refractivity contribution in [2.75, 3.05) is 18.1 Å². The van der Waals surface area contributed by atoms with Crippen LogP contribution in [0.1, 0.15) is 17.2 Å². The third kappa shape index (κ3) is 4.61. The predicted molar refractivity (Wildman–Crippen MR) is 107 cm³/mol. The maximum atomic E-state index is 12.5. The zero-order chi connectivity index (χ0) is 19.4. The molecule has 1 aromatic heterocycles. The lowest BCUT2D eigenvalue weighted by molar-refractivity contribution is -0.126. The van der Waals surface area contributed by atoms with E-state index in [2.05, 4.69) is 15.3 Å². The van der Waals surface area contributed by atoms with E-state index in [1.807, 2.05) is 24.3 Å². The Hall–Kier alpha value is -2.96. The molecular weight excluding hydrogens is 364 g/mol. The van der Waals surface area contributed by atoms with E-state index in [0.29, 0.717) is 22.1 Å². The van der Waals surface area contributed by atoms with Crippen LogP contribution in [0.15, 0.2) is 54.6 Å². The molecule has 0 aliphatic rings. The van der Waals surface area contributed by atoms with Crippen LogP contribution in [0.4, 0.5) is 11.8 Å². The van der Waals surface area contributed by atoms with E-state index in [4.69, 9.17) is 17.3 Å². The van der Waals surface area contributed by atoms with Crippen molar-refractivity contribution in [2.45, 2.75) is 12.5 Å². The Balaban J connectivity index is 1.80. The first-order chi connectivity index (χ1) is 13.0. The summed E-state index contributed by atoms with van der Waals surface area (Å²) >= 11 is 5.84. The Kier molecular flexibility index (Phi) is 5.69. The zero-order valence-corrected chi connectivity index (χ0v) is 15.4. The van der Waals surface area contributed by atoms with Gasteiger partial charge < -0.3 is 16.2 Å². The minimum Gasteiger partial charge on any atom is -0.381 e. The number of aliphatic hydroxyl groups is 1. The van der Waals surface area contributed by atoms with Crippen LogP contribution in [0.5, 0.6) is 0 Å². The highest BCUT2D eigenvalue weighted by Gasteiger charge is 2.18. The molecule has 0 amide bonds. The second-order valence-corrected chi connectivity index (χ2v) is 6.48. The monoisotopic (exact) mass is 382 g/mol. The molecule has 1 atom stereocenters. The smallest absolute Gasteiger partial charge is 0.222 e. The number of carbonyl (C=O) groups excluding carboxylic acids is 1. The van der Waals surface area contributed by atoms with Crippen molar-refractivity contribution in [1.29, 1.82) is 0 Å². The molecule has 0 fully saturated rings. The van der Waals surface area contributed by atoms with Gasteiger partial charge in [0, 0.05) is 30.1 Å². The minimum absolute atomic E-state index is 0.0943. The average molecular weight is 383 g/mol. The van der Waals surface area contributed by atoms with Crippen LogP contribution in [0, 0.1) is 0 Å². The number of Topliss-reactive ketones (excluding diaryl/α,β-unsaturated/α-hetero) is 1. The summed E-state index contributed by atoms with van der Waals surface area (Å²) in [4.78, 5) is 20.8. The normalized spacial score (nSPS) is 11.8. The number of nitrogens with one attached hydrogen (secondary N) is 1. The van der Waals surface area contributed by atoms with E-state index in [1.54, 1.807) is 37.4 Å². The molecule has 2 aromatic carbocycles. The SMILES string of the molecule is CNc1cc(-c2cccc(CC(=O)C(O)c3ccc(Cl)cc3)c2)nc(N)n1. The molecule has 7 heteroatoms. The number of hydrogen-bond acceptors (Lipinski definition) is 6. The van der Waals surface area contributed by atoms with E-state index in [9.17, 15) is 9.90 Å². The van der Waals surface area contributed by atoms with Crippen molar-refractivity contribution < 1.29 is 9.90 Å². The van der Waals surface area contributed by atoms with Crippen molar-refractivity contribution in [3.8, 4) is 11.3 Å². The second kappa shape index (κ2) is 8.16. The quantitative estimate of drug-likeness (QED) is 0.604. The lowest BCUT2D eigenvalue weighted by atomic mass is 9.98. The lowest BCUT2D eigenvalue weighted by Gasteiger charge is -2.11. The van der Waals surface area contributed by atoms with Crippen molar-refractivity contribution >= 4 is 29.2 Å². The standard InChI is InChI=1S/C20H19ClN4O2/c1-23-18-11-16(24-20(22)25-18)14-4-2-3-12(9-14)10-17(26)19(27)13-5-7-15(21)8-6-13/h2-9,11,19,27H,10H2,1H3,(H3,22,23,24,25). The van der Waals surface area contributed by atoms with Gasteiger partial charge in [0.2, 0.25) is 5.95 Å². The van der Waals surface area contributed by atoms with Gasteiger partial charge in [-0.15, -0.1) is 0 Å². The number of halogens is 1. The Labute approximate surface area is 162 Å². The number of aromatic nitrogens is 2. The summed E-state index contributed by atoms with van der Waals surface area (Å²) in [5.74, 6) is 0.473. The van der Waals surface area contributed by atoms with E-state index < -0.39 is 6.10 Å². The number of nitrogen functional groups attached to an aromatic ring is 1. The Bertz CT molecular complexity index is 960. The fourth-order valence-electron chi connectivity index (χ4n) is 2.71. The Morgan fingerprint density at radius 2 is 1.93 bits per heavy atom. The molecule has 138 valence electrons. The summed E-state index contributed by atoms with van der Waals surface area (Å²) in [7, 11) is 1.75. The largest absolute Gasteiger partial charge is 0.381 e. The molecule has 0 spiro atoms. The number of nitrogens with two attached hydrogens (primary N) is 1.